The van der Waals surface area contributed by atoms with E-state index in [1.165, 1.54) is 16.7 Å². The van der Waals surface area contributed by atoms with E-state index in [2.05, 4.69) is 0 Å². The Morgan fingerprint density at radius 1 is 1.21 bits per heavy atom. The summed E-state index contributed by atoms with van der Waals surface area (Å²) in [6, 6.07) is 5.84. The Labute approximate surface area is 138 Å². The highest BCUT2D eigenvalue weighted by molar-refractivity contribution is 5.29. The molecule has 24 heavy (non-hydrogen) atoms. The number of ether oxygens (including phenoxy) is 1. The van der Waals surface area contributed by atoms with Crippen LogP contribution in [0.5, 0.6) is 0 Å². The lowest BCUT2D eigenvalue weighted by Gasteiger charge is -2.19. The molecule has 0 radical (unpaired) electrons. The van der Waals surface area contributed by atoms with Crippen LogP contribution in [0.4, 0.5) is 4.39 Å². The van der Waals surface area contributed by atoms with E-state index in [0.29, 0.717) is 17.9 Å². The number of halogens is 1. The maximum Gasteiger partial charge on any atom is 0.366 e. The summed E-state index contributed by atoms with van der Waals surface area (Å²) in [6.07, 6.45) is 0.256. The fourth-order valence-corrected chi connectivity index (χ4v) is 2.58. The minimum atomic E-state index is -0.852. The Kier molecular flexibility index (Phi) is 5.56. The van der Waals surface area contributed by atoms with E-state index < -0.39 is 11.2 Å². The van der Waals surface area contributed by atoms with Crippen LogP contribution in [0.3, 0.4) is 0 Å². The fourth-order valence-electron chi connectivity index (χ4n) is 2.58. The second-order valence-electron chi connectivity index (χ2n) is 5.77. The van der Waals surface area contributed by atoms with Gasteiger partial charge in [-0.15, -0.1) is 0 Å². The summed E-state index contributed by atoms with van der Waals surface area (Å²) >= 11 is 0. The molecule has 0 bridgehead atoms. The molecule has 7 heteroatoms. The van der Waals surface area contributed by atoms with Crippen LogP contribution in [0.2, 0.25) is 0 Å². The molecule has 130 valence electrons. The topological polar surface area (TPSA) is 73.5 Å². The van der Waals surface area contributed by atoms with Gasteiger partial charge in [0.25, 0.3) is 5.56 Å². The van der Waals surface area contributed by atoms with E-state index in [-0.39, 0.29) is 29.6 Å². The molecule has 1 aromatic carbocycles. The van der Waals surface area contributed by atoms with Crippen LogP contribution in [0.1, 0.15) is 43.5 Å². The summed E-state index contributed by atoms with van der Waals surface area (Å²) in [7, 11) is 0. The summed E-state index contributed by atoms with van der Waals surface area (Å²) in [5, 5.41) is 9.81. The zero-order valence-corrected chi connectivity index (χ0v) is 14.0. The average Bonchev–Trinajstić information content (AvgIpc) is 2.54. The minimum absolute atomic E-state index is 0.0770. The Morgan fingerprint density at radius 2 is 1.83 bits per heavy atom. The Morgan fingerprint density at radius 3 is 2.38 bits per heavy atom. The smallest absolute Gasteiger partial charge is 0.366 e. The first-order chi connectivity index (χ1) is 11.4. The van der Waals surface area contributed by atoms with Crippen LogP contribution in [-0.2, 0) is 17.9 Å². The van der Waals surface area contributed by atoms with Crippen LogP contribution in [0.15, 0.2) is 33.9 Å². The molecule has 0 unspecified atom stereocenters. The molecule has 2 rings (SSSR count). The lowest BCUT2D eigenvalue weighted by molar-refractivity contribution is 0.0697. The molecular formula is C17H21FN2O4. The van der Waals surface area contributed by atoms with Crippen LogP contribution in [0.25, 0.3) is 0 Å². The standard InChI is InChI=1S/C17H21FN2O4/c1-4-24-10-19-14(9-12-5-7-13(18)8-6-12)15(11(2)3)16(21)20(23)17(19)22/h5-8,11,23H,4,9-10H2,1-3H3. The van der Waals surface area contributed by atoms with Crippen molar-refractivity contribution < 1.29 is 14.3 Å². The lowest BCUT2D eigenvalue weighted by Crippen LogP contribution is -2.43. The number of hydrogen-bond donors (Lipinski definition) is 1. The summed E-state index contributed by atoms with van der Waals surface area (Å²) in [5.41, 5.74) is -0.0423. The van der Waals surface area contributed by atoms with Crippen molar-refractivity contribution in [2.45, 2.75) is 39.8 Å². The van der Waals surface area contributed by atoms with E-state index in [9.17, 15) is 19.2 Å². The van der Waals surface area contributed by atoms with Gasteiger partial charge in [-0.25, -0.2) is 9.18 Å². The molecule has 1 N–H and O–H groups in total. The van der Waals surface area contributed by atoms with Crippen LogP contribution in [-0.4, -0.2) is 21.1 Å². The number of hydrogen-bond acceptors (Lipinski definition) is 4. The van der Waals surface area contributed by atoms with E-state index >= 15 is 0 Å². The first kappa shape index (κ1) is 17.9. The molecule has 0 aliphatic carbocycles. The minimum Gasteiger partial charge on any atom is -0.421 e. The van der Waals surface area contributed by atoms with E-state index in [4.69, 9.17) is 4.74 Å². The van der Waals surface area contributed by atoms with Gasteiger partial charge in [0.1, 0.15) is 12.5 Å². The van der Waals surface area contributed by atoms with E-state index in [1.807, 2.05) is 0 Å². The van der Waals surface area contributed by atoms with Gasteiger partial charge in [-0.05, 0) is 30.5 Å². The van der Waals surface area contributed by atoms with Gasteiger partial charge in [0.2, 0.25) is 0 Å². The summed E-state index contributed by atoms with van der Waals surface area (Å²) in [6.45, 7) is 5.69. The van der Waals surface area contributed by atoms with Crippen molar-refractivity contribution in [2.75, 3.05) is 6.61 Å². The third kappa shape index (κ3) is 3.56. The normalized spacial score (nSPS) is 11.2. The van der Waals surface area contributed by atoms with Gasteiger partial charge in [-0.2, -0.15) is 0 Å². The molecule has 0 saturated carbocycles. The monoisotopic (exact) mass is 336 g/mol. The van der Waals surface area contributed by atoms with Gasteiger partial charge in [0, 0.05) is 24.3 Å². The second-order valence-corrected chi connectivity index (χ2v) is 5.77. The lowest BCUT2D eigenvalue weighted by atomic mass is 9.98. The summed E-state index contributed by atoms with van der Waals surface area (Å²) in [4.78, 5) is 24.6. The molecule has 6 nitrogen and oxygen atoms in total. The van der Waals surface area contributed by atoms with Gasteiger partial charge >= 0.3 is 5.69 Å². The molecule has 0 aliphatic heterocycles. The zero-order chi connectivity index (χ0) is 17.9. The van der Waals surface area contributed by atoms with Crippen molar-refractivity contribution >= 4 is 0 Å². The molecule has 1 aromatic heterocycles. The number of benzene rings is 1. The molecule has 0 saturated heterocycles. The van der Waals surface area contributed by atoms with Gasteiger partial charge in [-0.1, -0.05) is 30.7 Å². The van der Waals surface area contributed by atoms with Gasteiger partial charge < -0.3 is 9.94 Å². The number of aromatic nitrogens is 2. The maximum atomic E-state index is 13.1. The molecule has 0 amide bonds. The Hall–Kier alpha value is -2.41. The molecule has 0 aliphatic rings. The maximum absolute atomic E-state index is 13.1. The number of rotatable bonds is 6. The van der Waals surface area contributed by atoms with Gasteiger partial charge in [0.05, 0.1) is 0 Å². The highest BCUT2D eigenvalue weighted by atomic mass is 19.1. The first-order valence-electron chi connectivity index (χ1n) is 7.76. The second kappa shape index (κ2) is 7.44. The van der Waals surface area contributed by atoms with Crippen molar-refractivity contribution in [3.8, 4) is 0 Å². The molecule has 1 heterocycles. The highest BCUT2D eigenvalue weighted by Gasteiger charge is 2.21. The summed E-state index contributed by atoms with van der Waals surface area (Å²) < 4.78 is 19.8. The fraction of sp³-hybridized carbons (Fsp3) is 0.412. The van der Waals surface area contributed by atoms with Crippen molar-refractivity contribution in [3.05, 3.63) is 67.7 Å². The molecule has 0 spiro atoms. The quantitative estimate of drug-likeness (QED) is 0.820. The zero-order valence-electron chi connectivity index (χ0n) is 14.0. The molecule has 2 aromatic rings. The Balaban J connectivity index is 2.66. The van der Waals surface area contributed by atoms with Crippen molar-refractivity contribution in [3.63, 3.8) is 0 Å². The highest BCUT2D eigenvalue weighted by Crippen LogP contribution is 2.18. The summed E-state index contributed by atoms with van der Waals surface area (Å²) in [5.74, 6) is -0.569. The molecule has 0 atom stereocenters. The third-order valence-electron chi connectivity index (χ3n) is 3.76. The van der Waals surface area contributed by atoms with Crippen molar-refractivity contribution in [1.82, 2.24) is 9.30 Å². The molecule has 0 fully saturated rings. The third-order valence-corrected chi connectivity index (χ3v) is 3.76. The van der Waals surface area contributed by atoms with Gasteiger partial charge in [0.15, 0.2) is 0 Å². The predicted octanol–water partition coefficient (Wildman–Crippen LogP) is 2.09. The number of nitrogens with zero attached hydrogens (tertiary/aromatic N) is 2. The van der Waals surface area contributed by atoms with Gasteiger partial charge in [-0.3, -0.25) is 9.36 Å². The van der Waals surface area contributed by atoms with E-state index in [1.54, 1.807) is 32.9 Å². The van der Waals surface area contributed by atoms with Crippen molar-refractivity contribution in [1.29, 1.82) is 0 Å². The largest absolute Gasteiger partial charge is 0.421 e. The van der Waals surface area contributed by atoms with Crippen LogP contribution >= 0.6 is 0 Å². The Bertz CT molecular complexity index is 822. The first-order valence-corrected chi connectivity index (χ1v) is 7.76. The SMILES string of the molecule is CCOCn1c(Cc2ccc(F)cc2)c(C(C)C)c(=O)n(O)c1=O. The molecular weight excluding hydrogens is 315 g/mol. The van der Waals surface area contributed by atoms with Crippen LogP contribution in [0, 0.1) is 5.82 Å². The van der Waals surface area contributed by atoms with Crippen LogP contribution < -0.4 is 11.2 Å². The van der Waals surface area contributed by atoms with Crippen molar-refractivity contribution in [2.24, 2.45) is 0 Å². The van der Waals surface area contributed by atoms with E-state index in [0.717, 1.165) is 5.56 Å². The average molecular weight is 336 g/mol. The predicted molar refractivity (Wildman–Crippen MR) is 87.1 cm³/mol.